The molecule has 0 amide bonds. The zero-order valence-corrected chi connectivity index (χ0v) is 16.4. The average molecular weight is 400 g/mol. The van der Waals surface area contributed by atoms with E-state index in [0.717, 1.165) is 28.1 Å². The molecule has 0 radical (unpaired) electrons. The molecule has 2 heterocycles. The molecule has 2 aromatic heterocycles. The summed E-state index contributed by atoms with van der Waals surface area (Å²) in [5.74, 6) is 2.09. The van der Waals surface area contributed by atoms with E-state index in [2.05, 4.69) is 32.2 Å². The number of nitrogens with one attached hydrogen (secondary N) is 1. The van der Waals surface area contributed by atoms with Crippen LogP contribution in [0.3, 0.4) is 0 Å². The minimum absolute atomic E-state index is 0.474. The number of hydrazone groups is 1. The molecule has 2 aromatic carbocycles. The van der Waals surface area contributed by atoms with Crippen molar-refractivity contribution < 1.29 is 9.47 Å². The number of hydrogen-bond donors (Lipinski definition) is 1. The molecule has 0 spiro atoms. The first-order chi connectivity index (χ1) is 14.8. The lowest BCUT2D eigenvalue weighted by Gasteiger charge is -2.06. The first kappa shape index (κ1) is 19.1. The van der Waals surface area contributed by atoms with Crippen LogP contribution < -0.4 is 14.9 Å². The number of anilines is 1. The van der Waals surface area contributed by atoms with Gasteiger partial charge in [0.15, 0.2) is 11.5 Å². The Bertz CT molecular complexity index is 1180. The summed E-state index contributed by atoms with van der Waals surface area (Å²) in [6.07, 6.45) is 6.60. The maximum Gasteiger partial charge on any atom is 0.168 e. The van der Waals surface area contributed by atoms with Crippen LogP contribution in [0, 0.1) is 0 Å². The van der Waals surface area contributed by atoms with E-state index >= 15 is 0 Å². The second kappa shape index (κ2) is 8.87. The van der Waals surface area contributed by atoms with Crippen LogP contribution in [-0.4, -0.2) is 39.7 Å². The molecule has 150 valence electrons. The maximum atomic E-state index is 5.47. The fraction of sp³-hybridized carbons (Fsp3) is 0.0909. The number of hydrogen-bond acceptors (Lipinski definition) is 7. The molecule has 0 aliphatic heterocycles. The van der Waals surface area contributed by atoms with E-state index in [0.29, 0.717) is 18.1 Å². The van der Waals surface area contributed by atoms with Gasteiger partial charge in [-0.05, 0) is 42.0 Å². The lowest BCUT2D eigenvalue weighted by molar-refractivity contribution is 0.363. The highest BCUT2D eigenvalue weighted by atomic mass is 16.5. The number of aromatic nitrogens is 4. The zero-order valence-electron chi connectivity index (χ0n) is 16.4. The number of fused-ring (bicyclic) bond motifs is 1. The highest BCUT2D eigenvalue weighted by Crippen LogP contribution is 2.23. The van der Waals surface area contributed by atoms with Crippen LogP contribution in [0.2, 0.25) is 0 Å². The van der Waals surface area contributed by atoms with Gasteiger partial charge in [0.05, 0.1) is 30.6 Å². The minimum Gasteiger partial charge on any atom is -0.497 e. The van der Waals surface area contributed by atoms with Crippen molar-refractivity contribution in [2.75, 3.05) is 19.1 Å². The van der Waals surface area contributed by atoms with Crippen LogP contribution in [0.25, 0.3) is 16.7 Å². The largest absolute Gasteiger partial charge is 0.497 e. The Kier molecular flexibility index (Phi) is 5.66. The van der Waals surface area contributed by atoms with Gasteiger partial charge in [-0.2, -0.15) is 10.2 Å². The van der Waals surface area contributed by atoms with Crippen LogP contribution in [0.5, 0.6) is 11.5 Å². The molecule has 30 heavy (non-hydrogen) atoms. The fourth-order valence-electron chi connectivity index (χ4n) is 2.84. The van der Waals surface area contributed by atoms with Crippen molar-refractivity contribution in [2.45, 2.75) is 0 Å². The Morgan fingerprint density at radius 2 is 2.00 bits per heavy atom. The number of nitrogens with zero attached hydrogens (tertiary/aromatic N) is 5. The smallest absolute Gasteiger partial charge is 0.168 e. The van der Waals surface area contributed by atoms with Crippen LogP contribution in [-0.2, 0) is 0 Å². The van der Waals surface area contributed by atoms with Crippen LogP contribution in [0.15, 0.2) is 78.8 Å². The van der Waals surface area contributed by atoms with E-state index in [1.54, 1.807) is 30.3 Å². The van der Waals surface area contributed by atoms with E-state index in [1.807, 2.05) is 48.5 Å². The molecule has 4 rings (SSSR count). The molecular weight excluding hydrogens is 380 g/mol. The molecule has 0 fully saturated rings. The van der Waals surface area contributed by atoms with Crippen molar-refractivity contribution in [3.05, 3.63) is 79.3 Å². The van der Waals surface area contributed by atoms with Crippen LogP contribution in [0.1, 0.15) is 5.56 Å². The molecule has 0 bridgehead atoms. The molecule has 1 N–H and O–H groups in total. The highest BCUT2D eigenvalue weighted by molar-refractivity contribution is 5.88. The summed E-state index contributed by atoms with van der Waals surface area (Å²) in [4.78, 5) is 8.65. The summed E-state index contributed by atoms with van der Waals surface area (Å²) in [7, 11) is 1.63. The Hall–Kier alpha value is -4.20. The van der Waals surface area contributed by atoms with Gasteiger partial charge in [-0.1, -0.05) is 18.7 Å². The van der Waals surface area contributed by atoms with Crippen LogP contribution >= 0.6 is 0 Å². The van der Waals surface area contributed by atoms with Gasteiger partial charge >= 0.3 is 0 Å². The summed E-state index contributed by atoms with van der Waals surface area (Å²) in [6, 6.07) is 15.2. The Morgan fingerprint density at radius 3 is 2.80 bits per heavy atom. The van der Waals surface area contributed by atoms with Gasteiger partial charge in [0, 0.05) is 6.07 Å². The molecule has 0 aliphatic carbocycles. The topological polar surface area (TPSA) is 86.5 Å². The quantitative estimate of drug-likeness (QED) is 0.275. The van der Waals surface area contributed by atoms with Crippen molar-refractivity contribution in [1.82, 2.24) is 19.7 Å². The van der Waals surface area contributed by atoms with Crippen LogP contribution in [0.4, 0.5) is 5.82 Å². The van der Waals surface area contributed by atoms with E-state index in [4.69, 9.17) is 9.47 Å². The standard InChI is InChI=1S/C22H20N6O2/c1-3-11-30-18-9-7-16(8-10-18)13-25-27-21-20-14-26-28(22(20)24-15-23-21)17-5-4-6-19(12-17)29-2/h3-10,12-15H,1,11H2,2H3,(H,23,24,27). The van der Waals surface area contributed by atoms with Crippen molar-refractivity contribution in [1.29, 1.82) is 0 Å². The lowest BCUT2D eigenvalue weighted by atomic mass is 10.2. The molecule has 0 unspecified atom stereocenters. The third kappa shape index (κ3) is 4.12. The van der Waals surface area contributed by atoms with Crippen molar-refractivity contribution >= 4 is 23.1 Å². The summed E-state index contributed by atoms with van der Waals surface area (Å²) in [5.41, 5.74) is 5.40. The lowest BCUT2D eigenvalue weighted by Crippen LogP contribution is -2.00. The SMILES string of the molecule is C=CCOc1ccc(C=NNc2ncnc3c2cnn3-c2cccc(OC)c2)cc1. The van der Waals surface area contributed by atoms with Crippen molar-refractivity contribution in [3.8, 4) is 17.2 Å². The fourth-order valence-corrected chi connectivity index (χ4v) is 2.84. The van der Waals surface area contributed by atoms with Gasteiger partial charge in [-0.15, -0.1) is 0 Å². The maximum absolute atomic E-state index is 5.47. The number of rotatable bonds is 8. The van der Waals surface area contributed by atoms with E-state index < -0.39 is 0 Å². The van der Waals surface area contributed by atoms with Gasteiger partial charge in [-0.3, -0.25) is 5.43 Å². The third-order valence-electron chi connectivity index (χ3n) is 4.30. The Morgan fingerprint density at radius 1 is 1.13 bits per heavy atom. The predicted molar refractivity (Wildman–Crippen MR) is 117 cm³/mol. The molecule has 0 saturated carbocycles. The highest BCUT2D eigenvalue weighted by Gasteiger charge is 2.11. The second-order valence-electron chi connectivity index (χ2n) is 6.26. The van der Waals surface area contributed by atoms with E-state index in [-0.39, 0.29) is 0 Å². The molecule has 4 aromatic rings. The van der Waals surface area contributed by atoms with Gasteiger partial charge < -0.3 is 9.47 Å². The van der Waals surface area contributed by atoms with Gasteiger partial charge in [0.1, 0.15) is 24.4 Å². The minimum atomic E-state index is 0.474. The first-order valence-electron chi connectivity index (χ1n) is 9.24. The predicted octanol–water partition coefficient (Wildman–Crippen LogP) is 3.83. The Labute approximate surface area is 173 Å². The van der Waals surface area contributed by atoms with Gasteiger partial charge in [-0.25, -0.2) is 14.6 Å². The summed E-state index contributed by atoms with van der Waals surface area (Å²) < 4.78 is 12.5. The molecule has 8 nitrogen and oxygen atoms in total. The summed E-state index contributed by atoms with van der Waals surface area (Å²) in [6.45, 7) is 4.11. The zero-order chi connectivity index (χ0) is 20.8. The monoisotopic (exact) mass is 400 g/mol. The van der Waals surface area contributed by atoms with Crippen molar-refractivity contribution in [3.63, 3.8) is 0 Å². The Balaban J connectivity index is 1.53. The number of benzene rings is 2. The summed E-state index contributed by atoms with van der Waals surface area (Å²) in [5, 5.41) is 9.49. The van der Waals surface area contributed by atoms with E-state index in [9.17, 15) is 0 Å². The molecule has 8 heteroatoms. The van der Waals surface area contributed by atoms with Gasteiger partial charge in [0.2, 0.25) is 0 Å². The molecular formula is C22H20N6O2. The summed E-state index contributed by atoms with van der Waals surface area (Å²) >= 11 is 0. The molecule has 0 atom stereocenters. The van der Waals surface area contributed by atoms with Gasteiger partial charge in [0.25, 0.3) is 0 Å². The molecule has 0 saturated heterocycles. The van der Waals surface area contributed by atoms with Crippen molar-refractivity contribution in [2.24, 2.45) is 5.10 Å². The van der Waals surface area contributed by atoms with E-state index in [1.165, 1.54) is 6.33 Å². The first-order valence-corrected chi connectivity index (χ1v) is 9.24. The number of methoxy groups -OCH3 is 1. The number of ether oxygens (including phenoxy) is 2. The third-order valence-corrected chi connectivity index (χ3v) is 4.30. The molecule has 0 aliphatic rings. The average Bonchev–Trinajstić information content (AvgIpc) is 3.24. The second-order valence-corrected chi connectivity index (χ2v) is 6.26. The normalized spacial score (nSPS) is 11.0.